The third-order valence-corrected chi connectivity index (χ3v) is 8.80. The first-order chi connectivity index (χ1) is 19.9. The van der Waals surface area contributed by atoms with Crippen LogP contribution in [0.2, 0.25) is 0 Å². The molecule has 0 saturated heterocycles. The first-order valence-electron chi connectivity index (χ1n) is 13.8. The van der Waals surface area contributed by atoms with Crippen LogP contribution in [-0.2, 0) is 20.4 Å². The number of nitrogens with two attached hydrogens (primary N) is 2. The zero-order valence-corrected chi connectivity index (χ0v) is 27.0. The van der Waals surface area contributed by atoms with E-state index in [-0.39, 0.29) is 23.8 Å². The number of anilines is 1. The number of nitrogen functional groups attached to an aromatic ring is 1. The maximum absolute atomic E-state index is 12.7. The minimum atomic E-state index is -3.72. The van der Waals surface area contributed by atoms with Gasteiger partial charge in [0.05, 0.1) is 17.4 Å². The van der Waals surface area contributed by atoms with E-state index in [4.69, 9.17) is 16.2 Å². The third-order valence-electron chi connectivity index (χ3n) is 7.18. The highest BCUT2D eigenvalue weighted by molar-refractivity contribution is 8.00. The second-order valence-electron chi connectivity index (χ2n) is 12.0. The van der Waals surface area contributed by atoms with Crippen LogP contribution in [0.5, 0.6) is 0 Å². The standard InChI is InChI=1S/C32H41N3O6S2/c1-20(2)42-28-17-23(11-16-27(28)29(36)35-43(6,39)40)21-7-9-22(10-8-21)24(19-41-30(34)37)18-32(38,31(3,4)5)25-12-14-26(33)15-13-25/h7-17,20,24,38H,18-19,33H2,1-6H3,(H2,34,37)(H,35,36)/t24?,32-/m0/s1. The maximum Gasteiger partial charge on any atom is 0.404 e. The molecule has 2 amide bonds. The zero-order chi connectivity index (χ0) is 32.2. The number of amides is 2. The van der Waals surface area contributed by atoms with E-state index in [0.29, 0.717) is 16.1 Å². The molecule has 3 rings (SSSR count). The van der Waals surface area contributed by atoms with Gasteiger partial charge in [-0.1, -0.05) is 77.1 Å². The molecule has 0 aliphatic carbocycles. The van der Waals surface area contributed by atoms with Crippen molar-refractivity contribution in [1.82, 2.24) is 4.72 Å². The summed E-state index contributed by atoms with van der Waals surface area (Å²) < 4.78 is 30.6. The van der Waals surface area contributed by atoms with E-state index in [1.807, 2.05) is 81.8 Å². The van der Waals surface area contributed by atoms with Crippen LogP contribution in [0.3, 0.4) is 0 Å². The largest absolute Gasteiger partial charge is 0.449 e. The van der Waals surface area contributed by atoms with Gasteiger partial charge in [0.2, 0.25) is 10.0 Å². The molecule has 0 aromatic heterocycles. The van der Waals surface area contributed by atoms with Gasteiger partial charge in [-0.05, 0) is 58.4 Å². The average Bonchev–Trinajstić information content (AvgIpc) is 2.89. The summed E-state index contributed by atoms with van der Waals surface area (Å²) in [6.45, 7) is 9.80. The van der Waals surface area contributed by atoms with Gasteiger partial charge in [-0.3, -0.25) is 4.79 Å². The molecule has 232 valence electrons. The second-order valence-corrected chi connectivity index (χ2v) is 15.3. The lowest BCUT2D eigenvalue weighted by molar-refractivity contribution is -0.0794. The van der Waals surface area contributed by atoms with Gasteiger partial charge in [-0.2, -0.15) is 0 Å². The van der Waals surface area contributed by atoms with Crippen LogP contribution in [0.25, 0.3) is 11.1 Å². The summed E-state index contributed by atoms with van der Waals surface area (Å²) in [5.74, 6) is -1.07. The molecule has 0 radical (unpaired) electrons. The van der Waals surface area contributed by atoms with Gasteiger partial charge in [-0.15, -0.1) is 11.8 Å². The summed E-state index contributed by atoms with van der Waals surface area (Å²) in [6.07, 6.45) is 0.283. The summed E-state index contributed by atoms with van der Waals surface area (Å²) in [6, 6.07) is 20.0. The van der Waals surface area contributed by atoms with Gasteiger partial charge in [0, 0.05) is 21.8 Å². The molecule has 6 N–H and O–H groups in total. The fourth-order valence-electron chi connectivity index (χ4n) is 4.84. The Morgan fingerprint density at radius 2 is 1.56 bits per heavy atom. The smallest absolute Gasteiger partial charge is 0.404 e. The number of aliphatic hydroxyl groups is 1. The van der Waals surface area contributed by atoms with Gasteiger partial charge in [0.25, 0.3) is 5.91 Å². The highest BCUT2D eigenvalue weighted by Crippen LogP contribution is 2.46. The Bertz CT molecular complexity index is 1550. The van der Waals surface area contributed by atoms with Crippen LogP contribution in [0.15, 0.2) is 71.6 Å². The molecule has 9 nitrogen and oxygen atoms in total. The number of thioether (sulfide) groups is 1. The SMILES string of the molecule is CC(C)Sc1cc(-c2ccc(C(COC(N)=O)C[C@](O)(c3ccc(N)cc3)C(C)(C)C)cc2)ccc1C(=O)NS(C)(=O)=O. The number of nitrogens with one attached hydrogen (secondary N) is 1. The minimum absolute atomic E-state index is 0.0264. The van der Waals surface area contributed by atoms with E-state index in [9.17, 15) is 23.1 Å². The number of rotatable bonds is 11. The average molecular weight is 628 g/mol. The van der Waals surface area contributed by atoms with Crippen molar-refractivity contribution < 1.29 is 27.9 Å². The Labute approximate surface area is 258 Å². The topological polar surface area (TPSA) is 162 Å². The fourth-order valence-corrected chi connectivity index (χ4v) is 6.28. The normalized spacial score (nSPS) is 14.1. The van der Waals surface area contributed by atoms with E-state index in [0.717, 1.165) is 22.9 Å². The Hall–Kier alpha value is -3.54. The highest BCUT2D eigenvalue weighted by atomic mass is 32.2. The summed E-state index contributed by atoms with van der Waals surface area (Å²) >= 11 is 1.46. The summed E-state index contributed by atoms with van der Waals surface area (Å²) in [5, 5.41) is 12.2. The van der Waals surface area contributed by atoms with Crippen LogP contribution >= 0.6 is 11.8 Å². The van der Waals surface area contributed by atoms with Crippen molar-refractivity contribution in [1.29, 1.82) is 0 Å². The summed E-state index contributed by atoms with van der Waals surface area (Å²) in [4.78, 5) is 24.9. The van der Waals surface area contributed by atoms with Crippen molar-refractivity contribution in [2.24, 2.45) is 11.1 Å². The number of ether oxygens (including phenoxy) is 1. The van der Waals surface area contributed by atoms with E-state index < -0.39 is 39.0 Å². The predicted octanol–water partition coefficient (Wildman–Crippen LogP) is 5.63. The van der Waals surface area contributed by atoms with Crippen LogP contribution in [0, 0.1) is 5.41 Å². The van der Waals surface area contributed by atoms with Gasteiger partial charge >= 0.3 is 6.09 Å². The molecule has 0 aliphatic rings. The molecule has 11 heteroatoms. The van der Waals surface area contributed by atoms with Crippen molar-refractivity contribution in [3.8, 4) is 11.1 Å². The van der Waals surface area contributed by atoms with Crippen molar-refractivity contribution in [2.75, 3.05) is 18.6 Å². The van der Waals surface area contributed by atoms with Crippen molar-refractivity contribution in [2.45, 2.75) is 62.7 Å². The van der Waals surface area contributed by atoms with E-state index in [1.54, 1.807) is 24.3 Å². The second kappa shape index (κ2) is 13.4. The number of benzene rings is 3. The molecule has 0 spiro atoms. The van der Waals surface area contributed by atoms with Crippen LogP contribution in [0.4, 0.5) is 10.5 Å². The molecule has 2 atom stereocenters. The molecular weight excluding hydrogens is 587 g/mol. The quantitative estimate of drug-likeness (QED) is 0.157. The lowest BCUT2D eigenvalue weighted by atomic mass is 9.67. The minimum Gasteiger partial charge on any atom is -0.449 e. The molecule has 0 fully saturated rings. The summed E-state index contributed by atoms with van der Waals surface area (Å²) in [5.41, 5.74) is 13.4. The van der Waals surface area contributed by atoms with Gasteiger partial charge in [0.15, 0.2) is 0 Å². The monoisotopic (exact) mass is 627 g/mol. The number of carbonyl (C=O) groups excluding carboxylic acids is 2. The van der Waals surface area contributed by atoms with Crippen LogP contribution in [-0.4, -0.2) is 43.6 Å². The Morgan fingerprint density at radius 1 is 0.977 bits per heavy atom. The molecule has 43 heavy (non-hydrogen) atoms. The number of carbonyl (C=O) groups is 2. The molecule has 0 heterocycles. The molecule has 0 aliphatic heterocycles. The first kappa shape index (κ1) is 34.0. The number of hydrogen-bond acceptors (Lipinski definition) is 8. The highest BCUT2D eigenvalue weighted by Gasteiger charge is 2.43. The maximum atomic E-state index is 12.7. The van der Waals surface area contributed by atoms with Gasteiger partial charge in [0.1, 0.15) is 6.61 Å². The molecular formula is C32H41N3O6S2. The van der Waals surface area contributed by atoms with Crippen molar-refractivity contribution in [3.05, 3.63) is 83.4 Å². The number of hydrogen-bond donors (Lipinski definition) is 4. The van der Waals surface area contributed by atoms with E-state index in [1.165, 1.54) is 11.8 Å². The van der Waals surface area contributed by atoms with E-state index >= 15 is 0 Å². The van der Waals surface area contributed by atoms with E-state index in [2.05, 4.69) is 0 Å². The van der Waals surface area contributed by atoms with Crippen LogP contribution < -0.4 is 16.2 Å². The van der Waals surface area contributed by atoms with Crippen molar-refractivity contribution in [3.63, 3.8) is 0 Å². The Morgan fingerprint density at radius 3 is 2.07 bits per heavy atom. The molecule has 3 aromatic rings. The zero-order valence-electron chi connectivity index (χ0n) is 25.4. The molecule has 3 aromatic carbocycles. The fraction of sp³-hybridized carbons (Fsp3) is 0.375. The molecule has 1 unspecified atom stereocenters. The number of primary amides is 1. The molecule has 0 bridgehead atoms. The first-order valence-corrected chi connectivity index (χ1v) is 16.6. The van der Waals surface area contributed by atoms with Gasteiger partial charge in [-0.25, -0.2) is 17.9 Å². The third kappa shape index (κ3) is 8.98. The van der Waals surface area contributed by atoms with Crippen molar-refractivity contribution >= 4 is 39.5 Å². The molecule has 0 saturated carbocycles. The number of sulfonamides is 1. The Balaban J connectivity index is 1.99. The summed E-state index contributed by atoms with van der Waals surface area (Å²) in [7, 11) is -3.72. The Kier molecular flexibility index (Phi) is 10.6. The van der Waals surface area contributed by atoms with Crippen LogP contribution in [0.1, 0.15) is 68.4 Å². The predicted molar refractivity (Wildman–Crippen MR) is 172 cm³/mol. The van der Waals surface area contributed by atoms with Gasteiger partial charge < -0.3 is 21.3 Å². The lowest BCUT2D eigenvalue weighted by Gasteiger charge is -2.43. The lowest BCUT2D eigenvalue weighted by Crippen LogP contribution is -2.42.